The van der Waals surface area contributed by atoms with Gasteiger partial charge in [0.05, 0.1) is 5.92 Å². The molecule has 2 saturated carbocycles. The third kappa shape index (κ3) is 6.27. The van der Waals surface area contributed by atoms with Gasteiger partial charge in [-0.15, -0.1) is 11.6 Å². The van der Waals surface area contributed by atoms with Crippen LogP contribution in [0.4, 0.5) is 13.2 Å². The summed E-state index contributed by atoms with van der Waals surface area (Å²) < 4.78 is 42.0. The molecule has 2 saturated heterocycles. The van der Waals surface area contributed by atoms with Crippen molar-refractivity contribution in [2.75, 3.05) is 39.8 Å². The van der Waals surface area contributed by atoms with Gasteiger partial charge in [0.2, 0.25) is 0 Å². The van der Waals surface area contributed by atoms with Gasteiger partial charge in [-0.25, -0.2) is 0 Å². The number of nitrogens with zero attached hydrogens (tertiary/aromatic N) is 2. The number of halogens is 4. The van der Waals surface area contributed by atoms with Crippen LogP contribution in [0.2, 0.25) is 0 Å². The summed E-state index contributed by atoms with van der Waals surface area (Å²) in [7, 11) is 2.04. The van der Waals surface area contributed by atoms with Crippen LogP contribution < -0.4 is 16.0 Å². The maximum atomic E-state index is 14.0. The summed E-state index contributed by atoms with van der Waals surface area (Å²) in [5.74, 6) is -0.685. The zero-order valence-electron chi connectivity index (χ0n) is 18.6. The third-order valence-corrected chi connectivity index (χ3v) is 8.44. The Hall–Kier alpha value is -0.120. The normalized spacial score (nSPS) is 41.9. The molecule has 9 heteroatoms. The second kappa shape index (κ2) is 10.4. The van der Waals surface area contributed by atoms with Crippen LogP contribution in [0.15, 0.2) is 0 Å². The van der Waals surface area contributed by atoms with E-state index >= 15 is 0 Å². The van der Waals surface area contributed by atoms with Crippen molar-refractivity contribution in [1.29, 1.82) is 0 Å². The largest absolute Gasteiger partial charge is 0.393 e. The van der Waals surface area contributed by atoms with Crippen LogP contribution in [-0.2, 0) is 0 Å². The lowest BCUT2D eigenvalue weighted by Gasteiger charge is -2.47. The maximum absolute atomic E-state index is 14.0. The predicted molar refractivity (Wildman–Crippen MR) is 118 cm³/mol. The number of hydrogen-bond donors (Lipinski definition) is 3. The van der Waals surface area contributed by atoms with Crippen LogP contribution in [0, 0.1) is 11.8 Å². The van der Waals surface area contributed by atoms with E-state index in [1.807, 2.05) is 7.05 Å². The molecule has 0 bridgehead atoms. The molecule has 7 unspecified atom stereocenters. The quantitative estimate of drug-likeness (QED) is 0.557. The minimum absolute atomic E-state index is 0.117. The van der Waals surface area contributed by atoms with Gasteiger partial charge in [0.1, 0.15) is 6.29 Å². The van der Waals surface area contributed by atoms with Crippen LogP contribution in [0.1, 0.15) is 51.4 Å². The maximum Gasteiger partial charge on any atom is 0.393 e. The Kier molecular flexibility index (Phi) is 8.08. The van der Waals surface area contributed by atoms with E-state index in [1.54, 1.807) is 0 Å². The summed E-state index contributed by atoms with van der Waals surface area (Å²) in [5, 5.41) is 10.8. The molecule has 2 aliphatic heterocycles. The Bertz CT molecular complexity index is 572. The Balaban J connectivity index is 1.33. The lowest BCUT2D eigenvalue weighted by molar-refractivity contribution is -0.203. The van der Waals surface area contributed by atoms with Crippen molar-refractivity contribution >= 4 is 11.6 Å². The summed E-state index contributed by atoms with van der Waals surface area (Å²) in [6, 6.07) is -0.110. The topological polar surface area (TPSA) is 42.6 Å². The van der Waals surface area contributed by atoms with Gasteiger partial charge in [-0.05, 0) is 64.5 Å². The Morgan fingerprint density at radius 2 is 1.74 bits per heavy atom. The average molecular weight is 466 g/mol. The molecule has 3 N–H and O–H groups in total. The molecule has 180 valence electrons. The van der Waals surface area contributed by atoms with Crippen molar-refractivity contribution in [2.45, 2.75) is 87.3 Å². The second-order valence-corrected chi connectivity index (χ2v) is 10.8. The van der Waals surface area contributed by atoms with E-state index in [9.17, 15) is 13.2 Å². The summed E-state index contributed by atoms with van der Waals surface area (Å²) >= 11 is 6.39. The molecule has 0 aromatic heterocycles. The third-order valence-electron chi connectivity index (χ3n) is 8.05. The SMILES string of the molecule is CN1CCN(C2CCC(NC3NCCC(C4CCCC(Cl)C4)N3)CC2C(F)(F)F)CC1. The van der Waals surface area contributed by atoms with Gasteiger partial charge in [0.15, 0.2) is 0 Å². The van der Waals surface area contributed by atoms with Crippen LogP contribution in [0.5, 0.6) is 0 Å². The number of hydrogen-bond acceptors (Lipinski definition) is 5. The molecule has 5 nitrogen and oxygen atoms in total. The van der Waals surface area contributed by atoms with Gasteiger partial charge < -0.3 is 4.90 Å². The van der Waals surface area contributed by atoms with Gasteiger partial charge in [-0.3, -0.25) is 20.9 Å². The van der Waals surface area contributed by atoms with Crippen LogP contribution in [-0.4, -0.2) is 85.5 Å². The highest BCUT2D eigenvalue weighted by Gasteiger charge is 2.50. The molecular formula is C22H39ClF3N5. The smallest absolute Gasteiger partial charge is 0.304 e. The molecule has 4 aliphatic rings. The van der Waals surface area contributed by atoms with E-state index in [2.05, 4.69) is 25.8 Å². The summed E-state index contributed by atoms with van der Waals surface area (Å²) in [6.07, 6.45) is 2.85. The first-order valence-electron chi connectivity index (χ1n) is 12.2. The zero-order chi connectivity index (χ0) is 22.0. The minimum atomic E-state index is -4.15. The van der Waals surface area contributed by atoms with Crippen molar-refractivity contribution < 1.29 is 13.2 Å². The first kappa shape index (κ1) is 24.0. The predicted octanol–water partition coefficient (Wildman–Crippen LogP) is 2.96. The van der Waals surface area contributed by atoms with Crippen molar-refractivity contribution in [3.05, 3.63) is 0 Å². The van der Waals surface area contributed by atoms with Crippen molar-refractivity contribution in [3.8, 4) is 0 Å². The molecule has 4 rings (SSSR count). The molecule has 0 spiro atoms. The first-order chi connectivity index (χ1) is 14.8. The van der Waals surface area contributed by atoms with Crippen molar-refractivity contribution in [1.82, 2.24) is 25.8 Å². The van der Waals surface area contributed by atoms with E-state index in [1.165, 1.54) is 12.8 Å². The molecular weight excluding hydrogens is 427 g/mol. The Labute approximate surface area is 189 Å². The molecule has 0 aromatic carbocycles. The summed E-state index contributed by atoms with van der Waals surface area (Å²) in [4.78, 5) is 4.29. The molecule has 2 aliphatic carbocycles. The van der Waals surface area contributed by atoms with Gasteiger partial charge >= 0.3 is 6.18 Å². The lowest BCUT2D eigenvalue weighted by atomic mass is 9.79. The molecule has 7 atom stereocenters. The highest BCUT2D eigenvalue weighted by molar-refractivity contribution is 6.20. The standard InChI is InChI=1S/C22H39ClF3N5/c1-30-9-11-31(12-10-30)20-6-5-17(14-18(20)22(24,25)26)28-21-27-8-7-19(29-21)15-3-2-4-16(23)13-15/h15-21,27-29H,2-14H2,1H3. The van der Waals surface area contributed by atoms with E-state index in [4.69, 9.17) is 11.6 Å². The van der Waals surface area contributed by atoms with Crippen molar-refractivity contribution in [2.24, 2.45) is 11.8 Å². The number of nitrogens with one attached hydrogen (secondary N) is 3. The second-order valence-electron chi connectivity index (χ2n) is 10.2. The van der Waals surface area contributed by atoms with Gasteiger partial charge in [-0.2, -0.15) is 13.2 Å². The van der Waals surface area contributed by atoms with E-state index in [-0.39, 0.29) is 30.2 Å². The van der Waals surface area contributed by atoms with Crippen LogP contribution in [0.3, 0.4) is 0 Å². The van der Waals surface area contributed by atoms with Crippen LogP contribution in [0.25, 0.3) is 0 Å². The number of rotatable bonds is 4. The Morgan fingerprint density at radius 3 is 2.45 bits per heavy atom. The van der Waals surface area contributed by atoms with E-state index in [0.29, 0.717) is 18.4 Å². The van der Waals surface area contributed by atoms with E-state index < -0.39 is 12.1 Å². The number of alkyl halides is 4. The van der Waals surface area contributed by atoms with Gasteiger partial charge in [-0.1, -0.05) is 6.42 Å². The van der Waals surface area contributed by atoms with Crippen molar-refractivity contribution in [3.63, 3.8) is 0 Å². The fourth-order valence-corrected chi connectivity index (χ4v) is 6.62. The van der Waals surface area contributed by atoms with Crippen LogP contribution >= 0.6 is 11.6 Å². The lowest BCUT2D eigenvalue weighted by Crippen LogP contribution is -2.65. The molecule has 0 amide bonds. The zero-order valence-corrected chi connectivity index (χ0v) is 19.4. The highest BCUT2D eigenvalue weighted by atomic mass is 35.5. The monoisotopic (exact) mass is 465 g/mol. The van der Waals surface area contributed by atoms with Gasteiger partial charge in [0.25, 0.3) is 0 Å². The molecule has 2 heterocycles. The molecule has 0 aromatic rings. The molecule has 31 heavy (non-hydrogen) atoms. The fourth-order valence-electron chi connectivity index (χ4n) is 6.23. The fraction of sp³-hybridized carbons (Fsp3) is 1.00. The summed E-state index contributed by atoms with van der Waals surface area (Å²) in [6.45, 7) is 4.07. The highest BCUT2D eigenvalue weighted by Crippen LogP contribution is 2.40. The average Bonchev–Trinajstić information content (AvgIpc) is 2.74. The minimum Gasteiger partial charge on any atom is -0.304 e. The molecule has 4 fully saturated rings. The van der Waals surface area contributed by atoms with Gasteiger partial charge in [0, 0.05) is 49.7 Å². The van der Waals surface area contributed by atoms with E-state index in [0.717, 1.165) is 58.4 Å². The number of likely N-dealkylation sites (N-methyl/N-ethyl adjacent to an activating group) is 1. The summed E-state index contributed by atoms with van der Waals surface area (Å²) in [5.41, 5.74) is 0. The first-order valence-corrected chi connectivity index (χ1v) is 12.6. The Morgan fingerprint density at radius 1 is 0.968 bits per heavy atom. The molecule has 0 radical (unpaired) electrons. The number of piperazine rings is 1.